The molecule has 7 nitrogen and oxygen atoms in total. The van der Waals surface area contributed by atoms with Gasteiger partial charge in [-0.05, 0) is 17.3 Å². The van der Waals surface area contributed by atoms with E-state index in [2.05, 4.69) is 10.2 Å². The Morgan fingerprint density at radius 3 is 2.94 bits per heavy atom. The predicted octanol–water partition coefficient (Wildman–Crippen LogP) is 1.52. The van der Waals surface area contributed by atoms with Crippen molar-refractivity contribution in [2.75, 3.05) is 6.61 Å². The number of H-pyrrole nitrogens is 1. The molecule has 7 heteroatoms. The molecule has 0 aliphatic heterocycles. The Hall–Kier alpha value is -1.92. The van der Waals surface area contributed by atoms with Crippen LogP contribution in [0.25, 0.3) is 0 Å². The normalized spacial score (nSPS) is 10.4. The average Bonchev–Trinajstić information content (AvgIpc) is 2.65. The lowest BCUT2D eigenvalue weighted by molar-refractivity contribution is -0.389. The molecule has 1 aromatic rings. The van der Waals surface area contributed by atoms with Gasteiger partial charge in [0.2, 0.25) is 0 Å². The fourth-order valence-corrected chi connectivity index (χ4v) is 1.03. The molecule has 0 fully saturated rings. The summed E-state index contributed by atoms with van der Waals surface area (Å²) in [6.07, 6.45) is 1.81. The largest absolute Gasteiger partial charge is 0.462 e. The van der Waals surface area contributed by atoms with Gasteiger partial charge in [0, 0.05) is 0 Å². The molecule has 16 heavy (non-hydrogen) atoms. The van der Waals surface area contributed by atoms with E-state index in [0.717, 1.165) is 12.6 Å². The molecule has 0 unspecified atom stereocenters. The van der Waals surface area contributed by atoms with Crippen LogP contribution >= 0.6 is 0 Å². The number of carbonyl (C=O) groups is 1. The third-order valence-corrected chi connectivity index (χ3v) is 1.95. The molecule has 0 saturated carbocycles. The van der Waals surface area contributed by atoms with Gasteiger partial charge in [-0.2, -0.15) is 0 Å². The molecule has 1 rings (SSSR count). The van der Waals surface area contributed by atoms with E-state index in [4.69, 9.17) is 4.74 Å². The van der Waals surface area contributed by atoms with Crippen LogP contribution in [-0.2, 0) is 4.74 Å². The summed E-state index contributed by atoms with van der Waals surface area (Å²) in [7, 11) is 0. The molecule has 1 heterocycles. The van der Waals surface area contributed by atoms with E-state index >= 15 is 0 Å². The third-order valence-electron chi connectivity index (χ3n) is 1.95. The second kappa shape index (κ2) is 5.24. The van der Waals surface area contributed by atoms with E-state index in [1.54, 1.807) is 0 Å². The highest BCUT2D eigenvalue weighted by Crippen LogP contribution is 2.15. The standard InChI is InChI=1S/C9H13N3O4/c1-6(2)3-4-16-9(13)7-5-10-11-8(7)12(14)15/h5-6H,3-4H2,1-2H3,(H,10,11). The maximum absolute atomic E-state index is 11.4. The molecule has 0 amide bonds. The van der Waals surface area contributed by atoms with E-state index in [1.807, 2.05) is 13.8 Å². The molecular formula is C9H13N3O4. The zero-order valence-electron chi connectivity index (χ0n) is 9.10. The van der Waals surface area contributed by atoms with Gasteiger partial charge in [0.15, 0.2) is 5.56 Å². The number of nitrogens with zero attached hydrogens (tertiary/aromatic N) is 2. The van der Waals surface area contributed by atoms with Crippen LogP contribution in [0.5, 0.6) is 0 Å². The van der Waals surface area contributed by atoms with Crippen molar-refractivity contribution in [2.45, 2.75) is 20.3 Å². The van der Waals surface area contributed by atoms with Crippen molar-refractivity contribution < 1.29 is 14.5 Å². The van der Waals surface area contributed by atoms with Gasteiger partial charge in [0.1, 0.15) is 0 Å². The maximum atomic E-state index is 11.4. The molecule has 1 aromatic heterocycles. The topological polar surface area (TPSA) is 98.1 Å². The van der Waals surface area contributed by atoms with Gasteiger partial charge in [-0.3, -0.25) is 0 Å². The highest BCUT2D eigenvalue weighted by Gasteiger charge is 2.22. The summed E-state index contributed by atoms with van der Waals surface area (Å²) in [4.78, 5) is 21.2. The van der Waals surface area contributed by atoms with Gasteiger partial charge in [-0.1, -0.05) is 18.9 Å². The Morgan fingerprint density at radius 1 is 1.69 bits per heavy atom. The van der Waals surface area contributed by atoms with Crippen molar-refractivity contribution >= 4 is 11.8 Å². The molecule has 0 bridgehead atoms. The summed E-state index contributed by atoms with van der Waals surface area (Å²) in [5.74, 6) is -0.747. The summed E-state index contributed by atoms with van der Waals surface area (Å²) in [5, 5.41) is 16.1. The lowest BCUT2D eigenvalue weighted by atomic mass is 10.1. The fourth-order valence-electron chi connectivity index (χ4n) is 1.03. The van der Waals surface area contributed by atoms with Crippen LogP contribution in [0, 0.1) is 16.0 Å². The summed E-state index contributed by atoms with van der Waals surface area (Å²) >= 11 is 0. The number of hydrogen-bond donors (Lipinski definition) is 1. The van der Waals surface area contributed by atoms with Gasteiger partial charge >= 0.3 is 11.8 Å². The first-order valence-electron chi connectivity index (χ1n) is 4.87. The molecule has 0 atom stereocenters. The smallest absolute Gasteiger partial charge is 0.357 e. The number of aromatic nitrogens is 2. The van der Waals surface area contributed by atoms with E-state index < -0.39 is 16.7 Å². The Labute approximate surface area is 91.9 Å². The Kier molecular flexibility index (Phi) is 3.98. The number of hydrogen-bond acceptors (Lipinski definition) is 5. The highest BCUT2D eigenvalue weighted by molar-refractivity contribution is 5.92. The van der Waals surface area contributed by atoms with Crippen molar-refractivity contribution in [3.8, 4) is 0 Å². The molecule has 1 N–H and O–H groups in total. The quantitative estimate of drug-likeness (QED) is 0.467. The number of carbonyl (C=O) groups excluding carboxylic acids is 1. The van der Waals surface area contributed by atoms with Crippen LogP contribution in [0.4, 0.5) is 5.82 Å². The van der Waals surface area contributed by atoms with E-state index in [0.29, 0.717) is 5.92 Å². The number of aromatic amines is 1. The molecule has 0 aliphatic carbocycles. The van der Waals surface area contributed by atoms with Crippen molar-refractivity contribution in [3.05, 3.63) is 21.9 Å². The van der Waals surface area contributed by atoms with Crippen molar-refractivity contribution in [1.29, 1.82) is 0 Å². The number of nitro groups is 1. The van der Waals surface area contributed by atoms with Crippen LogP contribution < -0.4 is 0 Å². The van der Waals surface area contributed by atoms with Gasteiger partial charge < -0.3 is 14.9 Å². The van der Waals surface area contributed by atoms with E-state index in [1.165, 1.54) is 0 Å². The van der Waals surface area contributed by atoms with Crippen molar-refractivity contribution in [1.82, 2.24) is 10.2 Å². The summed E-state index contributed by atoms with van der Waals surface area (Å²) in [6.45, 7) is 4.24. The highest BCUT2D eigenvalue weighted by atomic mass is 16.6. The molecule has 0 aromatic carbocycles. The van der Waals surface area contributed by atoms with Crippen LogP contribution in [0.2, 0.25) is 0 Å². The van der Waals surface area contributed by atoms with Crippen LogP contribution in [-0.4, -0.2) is 27.7 Å². The van der Waals surface area contributed by atoms with E-state index in [9.17, 15) is 14.9 Å². The molecule has 0 radical (unpaired) electrons. The van der Waals surface area contributed by atoms with Crippen LogP contribution in [0.1, 0.15) is 30.6 Å². The average molecular weight is 227 g/mol. The molecular weight excluding hydrogens is 214 g/mol. The first kappa shape index (κ1) is 12.2. The van der Waals surface area contributed by atoms with Gasteiger partial charge in [0.05, 0.1) is 12.8 Å². The first-order valence-corrected chi connectivity index (χ1v) is 4.87. The van der Waals surface area contributed by atoms with Gasteiger partial charge in [-0.15, -0.1) is 5.10 Å². The Morgan fingerprint density at radius 2 is 2.38 bits per heavy atom. The van der Waals surface area contributed by atoms with Crippen LogP contribution in [0.3, 0.4) is 0 Å². The Bertz CT molecular complexity index is 386. The number of ether oxygens (including phenoxy) is 1. The fraction of sp³-hybridized carbons (Fsp3) is 0.556. The molecule has 0 spiro atoms. The van der Waals surface area contributed by atoms with Crippen molar-refractivity contribution in [2.24, 2.45) is 5.92 Å². The zero-order chi connectivity index (χ0) is 12.1. The SMILES string of the molecule is CC(C)CCOC(=O)c1cn[nH]c1[N+](=O)[O-]. The summed E-state index contributed by atoms with van der Waals surface area (Å²) in [5.41, 5.74) is -0.145. The molecule has 0 saturated heterocycles. The van der Waals surface area contributed by atoms with Gasteiger partial charge in [-0.25, -0.2) is 4.79 Å². The van der Waals surface area contributed by atoms with Crippen LogP contribution in [0.15, 0.2) is 6.20 Å². The minimum atomic E-state index is -0.721. The second-order valence-corrected chi connectivity index (χ2v) is 3.71. The number of nitrogens with one attached hydrogen (secondary N) is 1. The minimum Gasteiger partial charge on any atom is -0.462 e. The molecule has 0 aliphatic rings. The van der Waals surface area contributed by atoms with Gasteiger partial charge in [0.25, 0.3) is 0 Å². The summed E-state index contributed by atoms with van der Waals surface area (Å²) < 4.78 is 4.88. The number of rotatable bonds is 5. The first-order chi connectivity index (χ1) is 7.52. The monoisotopic (exact) mass is 227 g/mol. The number of esters is 1. The Balaban J connectivity index is 2.59. The van der Waals surface area contributed by atoms with E-state index in [-0.39, 0.29) is 12.2 Å². The zero-order valence-corrected chi connectivity index (χ0v) is 9.10. The lowest BCUT2D eigenvalue weighted by Gasteiger charge is -2.05. The van der Waals surface area contributed by atoms with Crippen molar-refractivity contribution in [3.63, 3.8) is 0 Å². The predicted molar refractivity (Wildman–Crippen MR) is 55.0 cm³/mol. The maximum Gasteiger partial charge on any atom is 0.357 e. The minimum absolute atomic E-state index is 0.145. The molecule has 88 valence electrons. The lowest BCUT2D eigenvalue weighted by Crippen LogP contribution is -2.09. The third kappa shape index (κ3) is 3.04. The second-order valence-electron chi connectivity index (χ2n) is 3.71. The summed E-state index contributed by atoms with van der Waals surface area (Å²) in [6, 6.07) is 0.